The fraction of sp³-hybridized carbons (Fsp3) is 0.440. The van der Waals surface area contributed by atoms with Gasteiger partial charge in [-0.05, 0) is 40.8 Å². The number of ether oxygens (including phenoxy) is 1. The first-order valence-corrected chi connectivity index (χ1v) is 10.8. The van der Waals surface area contributed by atoms with E-state index in [0.717, 1.165) is 38.4 Å². The van der Waals surface area contributed by atoms with Gasteiger partial charge in [-0.2, -0.15) is 0 Å². The van der Waals surface area contributed by atoms with Gasteiger partial charge in [-0.15, -0.1) is 0 Å². The van der Waals surface area contributed by atoms with Gasteiger partial charge in [0, 0.05) is 46.7 Å². The Morgan fingerprint density at radius 3 is 2.55 bits per heavy atom. The maximum Gasteiger partial charge on any atom is 0.255 e. The minimum Gasteiger partial charge on any atom is -0.493 e. The molecule has 2 aromatic rings. The molecule has 31 heavy (non-hydrogen) atoms. The van der Waals surface area contributed by atoms with E-state index in [4.69, 9.17) is 4.74 Å². The Kier molecular flexibility index (Phi) is 6.19. The number of benzene rings is 2. The quantitative estimate of drug-likeness (QED) is 0.642. The summed E-state index contributed by atoms with van der Waals surface area (Å²) in [5.74, 6) is -1.54. The standard InChI is InChI=1S/C25H31F2N3O/c1-18(29(2)3)28-14-19-4-6-20(7-5-19)15-30-11-10-21-12-24(9-8-22(21)16-30)31-17-23-13-25(23,26)27/h4-9,12,23,28H,1,10-11,13-17H2,2-3H3. The van der Waals surface area contributed by atoms with Crippen molar-refractivity contribution < 1.29 is 13.5 Å². The fourth-order valence-corrected chi connectivity index (χ4v) is 3.84. The van der Waals surface area contributed by atoms with Crippen LogP contribution in [0.3, 0.4) is 0 Å². The van der Waals surface area contributed by atoms with E-state index < -0.39 is 11.8 Å². The van der Waals surface area contributed by atoms with E-state index >= 15 is 0 Å². The summed E-state index contributed by atoms with van der Waals surface area (Å²) >= 11 is 0. The van der Waals surface area contributed by atoms with Gasteiger partial charge in [0.15, 0.2) is 0 Å². The molecule has 1 unspecified atom stereocenters. The lowest BCUT2D eigenvalue weighted by Crippen LogP contribution is -2.30. The highest BCUT2D eigenvalue weighted by Gasteiger charge is 2.57. The predicted octanol–water partition coefficient (Wildman–Crippen LogP) is 4.40. The van der Waals surface area contributed by atoms with Crippen molar-refractivity contribution in [1.29, 1.82) is 0 Å². The van der Waals surface area contributed by atoms with Gasteiger partial charge in [-0.25, -0.2) is 8.78 Å². The van der Waals surface area contributed by atoms with Gasteiger partial charge in [0.05, 0.1) is 18.3 Å². The molecule has 0 aromatic heterocycles. The van der Waals surface area contributed by atoms with Gasteiger partial charge in [0.1, 0.15) is 5.75 Å². The number of nitrogens with one attached hydrogen (secondary N) is 1. The normalized spacial score (nSPS) is 19.4. The third-order valence-corrected chi connectivity index (χ3v) is 6.14. The molecule has 1 N–H and O–H groups in total. The number of rotatable bonds is 9. The van der Waals surface area contributed by atoms with Gasteiger partial charge >= 0.3 is 0 Å². The monoisotopic (exact) mass is 427 g/mol. The molecule has 0 bridgehead atoms. The Morgan fingerprint density at radius 1 is 1.16 bits per heavy atom. The SMILES string of the molecule is C=C(NCc1ccc(CN2CCc3cc(OCC4CC4(F)F)ccc3C2)cc1)N(C)C. The highest BCUT2D eigenvalue weighted by atomic mass is 19.3. The molecule has 1 saturated carbocycles. The third-order valence-electron chi connectivity index (χ3n) is 6.14. The molecule has 2 aromatic carbocycles. The van der Waals surface area contributed by atoms with Crippen molar-refractivity contribution >= 4 is 0 Å². The molecule has 4 rings (SSSR count). The van der Waals surface area contributed by atoms with Crippen molar-refractivity contribution in [3.63, 3.8) is 0 Å². The predicted molar refractivity (Wildman–Crippen MR) is 119 cm³/mol. The van der Waals surface area contributed by atoms with Crippen LogP contribution in [-0.4, -0.2) is 43.0 Å². The van der Waals surface area contributed by atoms with Crippen LogP contribution in [-0.2, 0) is 26.1 Å². The summed E-state index contributed by atoms with van der Waals surface area (Å²) in [5, 5.41) is 3.31. The average Bonchev–Trinajstić information content (AvgIpc) is 3.37. The summed E-state index contributed by atoms with van der Waals surface area (Å²) in [6.45, 7) is 7.63. The van der Waals surface area contributed by atoms with Crippen LogP contribution in [0.5, 0.6) is 5.75 Å². The van der Waals surface area contributed by atoms with Crippen molar-refractivity contribution in [2.45, 2.75) is 38.4 Å². The zero-order valence-electron chi connectivity index (χ0n) is 18.3. The Labute approximate surface area is 183 Å². The molecule has 1 heterocycles. The molecular weight excluding hydrogens is 396 g/mol. The van der Waals surface area contributed by atoms with Crippen LogP contribution in [0.25, 0.3) is 0 Å². The van der Waals surface area contributed by atoms with Crippen LogP contribution in [0.2, 0.25) is 0 Å². The molecule has 2 aliphatic rings. The van der Waals surface area contributed by atoms with Crippen LogP contribution in [0, 0.1) is 5.92 Å². The van der Waals surface area contributed by atoms with Crippen LogP contribution in [0.1, 0.15) is 28.7 Å². The molecule has 6 heteroatoms. The largest absolute Gasteiger partial charge is 0.493 e. The Hall–Kier alpha value is -2.60. The molecule has 166 valence electrons. The van der Waals surface area contributed by atoms with Crippen molar-refractivity contribution in [3.8, 4) is 5.75 Å². The minimum atomic E-state index is -2.52. The first-order chi connectivity index (χ1) is 14.8. The van der Waals surface area contributed by atoms with E-state index in [2.05, 4.69) is 47.1 Å². The second-order valence-electron chi connectivity index (χ2n) is 8.88. The number of alkyl halides is 2. The Morgan fingerprint density at radius 2 is 1.87 bits per heavy atom. The second kappa shape index (κ2) is 8.87. The van der Waals surface area contributed by atoms with Gasteiger partial charge in [-0.3, -0.25) is 4.90 Å². The minimum absolute atomic E-state index is 0.0459. The smallest absolute Gasteiger partial charge is 0.255 e. The lowest BCUT2D eigenvalue weighted by Gasteiger charge is -2.29. The van der Waals surface area contributed by atoms with Crippen LogP contribution < -0.4 is 10.1 Å². The number of hydrogen-bond acceptors (Lipinski definition) is 4. The second-order valence-corrected chi connectivity index (χ2v) is 8.88. The van der Waals surface area contributed by atoms with Gasteiger partial charge in [-0.1, -0.05) is 36.9 Å². The first-order valence-electron chi connectivity index (χ1n) is 10.8. The highest BCUT2D eigenvalue weighted by molar-refractivity contribution is 5.37. The van der Waals surface area contributed by atoms with Crippen molar-refractivity contribution in [2.24, 2.45) is 5.92 Å². The number of nitrogens with zero attached hydrogens (tertiary/aromatic N) is 2. The zero-order valence-corrected chi connectivity index (χ0v) is 18.3. The van der Waals surface area contributed by atoms with E-state index in [-0.39, 0.29) is 13.0 Å². The van der Waals surface area contributed by atoms with E-state index in [1.165, 1.54) is 22.3 Å². The van der Waals surface area contributed by atoms with E-state index in [1.54, 1.807) is 0 Å². The summed E-state index contributed by atoms with van der Waals surface area (Å²) in [6, 6.07) is 14.7. The lowest BCUT2D eigenvalue weighted by molar-refractivity contribution is 0.0856. The number of halogens is 2. The molecule has 1 fully saturated rings. The fourth-order valence-electron chi connectivity index (χ4n) is 3.84. The molecule has 0 amide bonds. The van der Waals surface area contributed by atoms with Gasteiger partial charge in [0.25, 0.3) is 5.92 Å². The van der Waals surface area contributed by atoms with Crippen LogP contribution >= 0.6 is 0 Å². The van der Waals surface area contributed by atoms with Gasteiger partial charge < -0.3 is 15.0 Å². The van der Waals surface area contributed by atoms with Crippen molar-refractivity contribution in [3.05, 3.63) is 77.1 Å². The first kappa shape index (κ1) is 21.6. The van der Waals surface area contributed by atoms with Crippen LogP contribution in [0.15, 0.2) is 54.9 Å². The molecule has 1 aliphatic heterocycles. The molecule has 1 aliphatic carbocycles. The number of hydrogen-bond donors (Lipinski definition) is 1. The van der Waals surface area contributed by atoms with Gasteiger partial charge in [0.2, 0.25) is 0 Å². The van der Waals surface area contributed by atoms with Crippen molar-refractivity contribution in [2.75, 3.05) is 27.2 Å². The summed E-state index contributed by atoms with van der Waals surface area (Å²) < 4.78 is 31.6. The van der Waals surface area contributed by atoms with Crippen LogP contribution in [0.4, 0.5) is 8.78 Å². The molecule has 0 saturated heterocycles. The average molecular weight is 428 g/mol. The third kappa shape index (κ3) is 5.56. The summed E-state index contributed by atoms with van der Waals surface area (Å²) in [6.07, 6.45) is 0.899. The molecule has 1 atom stereocenters. The van der Waals surface area contributed by atoms with E-state index in [1.807, 2.05) is 31.1 Å². The Bertz CT molecular complexity index is 927. The summed E-state index contributed by atoms with van der Waals surface area (Å²) in [7, 11) is 3.94. The zero-order chi connectivity index (χ0) is 22.0. The van der Waals surface area contributed by atoms with Crippen molar-refractivity contribution in [1.82, 2.24) is 15.1 Å². The molecule has 4 nitrogen and oxygen atoms in total. The summed E-state index contributed by atoms with van der Waals surface area (Å²) in [5.41, 5.74) is 5.08. The van der Waals surface area contributed by atoms with E-state index in [9.17, 15) is 8.78 Å². The highest BCUT2D eigenvalue weighted by Crippen LogP contribution is 2.48. The van der Waals surface area contributed by atoms with E-state index in [0.29, 0.717) is 5.75 Å². The Balaban J connectivity index is 1.27. The molecular formula is C25H31F2N3O. The maximum absolute atomic E-state index is 13.0. The molecule has 0 spiro atoms. The maximum atomic E-state index is 13.0. The summed E-state index contributed by atoms with van der Waals surface area (Å²) in [4.78, 5) is 4.40. The lowest BCUT2D eigenvalue weighted by atomic mass is 9.99. The number of fused-ring (bicyclic) bond motifs is 1. The molecule has 0 radical (unpaired) electrons. The topological polar surface area (TPSA) is 27.7 Å².